The van der Waals surface area contributed by atoms with Crippen LogP contribution in [0.1, 0.15) is 62.5 Å². The molecule has 104 valence electrons. The molecular formula is C17H24O2. The van der Waals surface area contributed by atoms with Gasteiger partial charge in [-0.15, -0.1) is 0 Å². The Hall–Kier alpha value is -0.860. The van der Waals surface area contributed by atoms with Crippen LogP contribution < -0.4 is 0 Å². The van der Waals surface area contributed by atoms with Crippen LogP contribution in [0.4, 0.5) is 0 Å². The van der Waals surface area contributed by atoms with Crippen LogP contribution in [0.3, 0.4) is 0 Å². The number of aliphatic hydroxyl groups is 1. The van der Waals surface area contributed by atoms with Crippen molar-refractivity contribution in [3.8, 4) is 0 Å². The quantitative estimate of drug-likeness (QED) is 0.897. The molecule has 3 rings (SSSR count). The van der Waals surface area contributed by atoms with E-state index in [1.54, 1.807) is 0 Å². The first-order chi connectivity index (χ1) is 9.23. The van der Waals surface area contributed by atoms with Crippen molar-refractivity contribution in [3.63, 3.8) is 0 Å². The molecule has 1 N–H and O–H groups in total. The maximum atomic E-state index is 11.1. The van der Waals surface area contributed by atoms with Crippen molar-refractivity contribution < 1.29 is 9.84 Å². The minimum Gasteiger partial charge on any atom is -0.385 e. The van der Waals surface area contributed by atoms with Gasteiger partial charge in [-0.05, 0) is 36.3 Å². The summed E-state index contributed by atoms with van der Waals surface area (Å²) in [5, 5.41) is 11.1. The molecule has 19 heavy (non-hydrogen) atoms. The van der Waals surface area contributed by atoms with Crippen LogP contribution in [-0.4, -0.2) is 17.8 Å². The zero-order valence-corrected chi connectivity index (χ0v) is 11.8. The van der Waals surface area contributed by atoms with Crippen molar-refractivity contribution in [1.29, 1.82) is 0 Å². The van der Waals surface area contributed by atoms with E-state index in [9.17, 15) is 5.11 Å². The fourth-order valence-electron chi connectivity index (χ4n) is 3.43. The van der Waals surface area contributed by atoms with Gasteiger partial charge in [-0.3, -0.25) is 0 Å². The van der Waals surface area contributed by atoms with Crippen LogP contribution in [0.25, 0.3) is 0 Å². The zero-order valence-electron chi connectivity index (χ0n) is 11.8. The lowest BCUT2D eigenvalue weighted by Gasteiger charge is -2.40. The number of hydrogen-bond donors (Lipinski definition) is 1. The summed E-state index contributed by atoms with van der Waals surface area (Å²) < 4.78 is 5.72. The maximum absolute atomic E-state index is 11.1. The van der Waals surface area contributed by atoms with Crippen LogP contribution in [0.5, 0.6) is 0 Å². The topological polar surface area (TPSA) is 29.5 Å². The highest BCUT2D eigenvalue weighted by Gasteiger charge is 2.38. The molecule has 2 nitrogen and oxygen atoms in total. The Kier molecular flexibility index (Phi) is 3.64. The van der Waals surface area contributed by atoms with E-state index in [-0.39, 0.29) is 6.10 Å². The predicted molar refractivity (Wildman–Crippen MR) is 76.2 cm³/mol. The van der Waals surface area contributed by atoms with Crippen molar-refractivity contribution in [2.45, 2.75) is 63.1 Å². The van der Waals surface area contributed by atoms with Gasteiger partial charge in [0.2, 0.25) is 0 Å². The molecule has 2 heteroatoms. The largest absolute Gasteiger partial charge is 0.385 e. The number of rotatable bonds is 3. The maximum Gasteiger partial charge on any atom is 0.0945 e. The highest BCUT2D eigenvalue weighted by atomic mass is 16.5. The van der Waals surface area contributed by atoms with Crippen LogP contribution in [0.2, 0.25) is 0 Å². The van der Waals surface area contributed by atoms with E-state index in [2.05, 4.69) is 31.2 Å². The molecule has 2 aliphatic rings. The fourth-order valence-corrected chi connectivity index (χ4v) is 3.43. The lowest BCUT2D eigenvalue weighted by molar-refractivity contribution is -0.109. The predicted octanol–water partition coefficient (Wildman–Crippen LogP) is 3.73. The molecule has 1 saturated carbocycles. The summed E-state index contributed by atoms with van der Waals surface area (Å²) in [7, 11) is 0. The Morgan fingerprint density at radius 3 is 2.79 bits per heavy atom. The minimum absolute atomic E-state index is 0.202. The summed E-state index contributed by atoms with van der Waals surface area (Å²) in [6, 6.07) is 8.52. The van der Waals surface area contributed by atoms with E-state index < -0.39 is 5.60 Å². The molecule has 0 spiro atoms. The Labute approximate surface area is 115 Å². The fraction of sp³-hybridized carbons (Fsp3) is 0.647. The van der Waals surface area contributed by atoms with Crippen molar-refractivity contribution in [2.24, 2.45) is 0 Å². The second-order valence-electron chi connectivity index (χ2n) is 6.10. The first-order valence-electron chi connectivity index (χ1n) is 7.66. The molecule has 1 heterocycles. The molecule has 2 atom stereocenters. The lowest BCUT2D eigenvalue weighted by Crippen LogP contribution is -2.39. The van der Waals surface area contributed by atoms with Gasteiger partial charge >= 0.3 is 0 Å². The average molecular weight is 260 g/mol. The van der Waals surface area contributed by atoms with Gasteiger partial charge in [-0.25, -0.2) is 0 Å². The molecule has 0 radical (unpaired) electrons. The van der Waals surface area contributed by atoms with E-state index in [4.69, 9.17) is 4.74 Å². The van der Waals surface area contributed by atoms with Gasteiger partial charge in [0.25, 0.3) is 0 Å². The van der Waals surface area contributed by atoms with Gasteiger partial charge in [0, 0.05) is 12.8 Å². The molecule has 1 aromatic rings. The molecule has 1 aliphatic heterocycles. The summed E-state index contributed by atoms with van der Waals surface area (Å²) >= 11 is 0. The van der Waals surface area contributed by atoms with Crippen LogP contribution in [0, 0.1) is 0 Å². The lowest BCUT2D eigenvalue weighted by atomic mass is 9.73. The van der Waals surface area contributed by atoms with Gasteiger partial charge in [-0.1, -0.05) is 37.6 Å². The smallest absolute Gasteiger partial charge is 0.0945 e. The Morgan fingerprint density at radius 1 is 1.32 bits per heavy atom. The normalized spacial score (nSPS) is 32.0. The van der Waals surface area contributed by atoms with Gasteiger partial charge in [0.15, 0.2) is 0 Å². The molecule has 0 amide bonds. The van der Waals surface area contributed by atoms with Gasteiger partial charge in [0.05, 0.1) is 18.3 Å². The molecule has 0 aromatic heterocycles. The molecule has 1 saturated heterocycles. The molecule has 1 aromatic carbocycles. The Balaban J connectivity index is 1.91. The number of ether oxygens (including phenoxy) is 1. The first kappa shape index (κ1) is 13.1. The summed E-state index contributed by atoms with van der Waals surface area (Å²) in [6.07, 6.45) is 6.54. The summed E-state index contributed by atoms with van der Waals surface area (Å²) in [6.45, 7) is 2.81. The molecule has 2 unspecified atom stereocenters. The first-order valence-corrected chi connectivity index (χ1v) is 7.66. The Bertz CT molecular complexity index is 439. The molecule has 0 bridgehead atoms. The van der Waals surface area contributed by atoms with Crippen LogP contribution in [-0.2, 0) is 10.3 Å². The third-order valence-corrected chi connectivity index (χ3v) is 4.90. The third kappa shape index (κ3) is 2.44. The van der Waals surface area contributed by atoms with Crippen molar-refractivity contribution in [3.05, 3.63) is 35.4 Å². The molecular weight excluding hydrogens is 236 g/mol. The SMILES string of the molecule is CCC1CC(O)(c2ccccc2C2CCC2)CCO1. The van der Waals surface area contributed by atoms with Gasteiger partial charge in [0.1, 0.15) is 0 Å². The molecule has 2 fully saturated rings. The second-order valence-corrected chi connectivity index (χ2v) is 6.10. The van der Waals surface area contributed by atoms with Gasteiger partial charge < -0.3 is 9.84 Å². The second kappa shape index (κ2) is 5.26. The van der Waals surface area contributed by atoms with E-state index >= 15 is 0 Å². The van der Waals surface area contributed by atoms with Crippen LogP contribution in [0.15, 0.2) is 24.3 Å². The third-order valence-electron chi connectivity index (χ3n) is 4.90. The number of hydrogen-bond acceptors (Lipinski definition) is 2. The van der Waals surface area contributed by atoms with E-state index in [1.165, 1.54) is 30.4 Å². The van der Waals surface area contributed by atoms with Crippen molar-refractivity contribution in [1.82, 2.24) is 0 Å². The van der Waals surface area contributed by atoms with E-state index in [1.807, 2.05) is 0 Å². The highest BCUT2D eigenvalue weighted by Crippen LogP contribution is 2.44. The van der Waals surface area contributed by atoms with Gasteiger partial charge in [-0.2, -0.15) is 0 Å². The monoisotopic (exact) mass is 260 g/mol. The van der Waals surface area contributed by atoms with Crippen LogP contribution >= 0.6 is 0 Å². The minimum atomic E-state index is -0.675. The van der Waals surface area contributed by atoms with E-state index in [0.29, 0.717) is 12.5 Å². The summed E-state index contributed by atoms with van der Waals surface area (Å²) in [5.41, 5.74) is 1.87. The molecule has 1 aliphatic carbocycles. The number of benzene rings is 1. The zero-order chi connectivity index (χ0) is 13.3. The Morgan fingerprint density at radius 2 is 2.11 bits per heavy atom. The summed E-state index contributed by atoms with van der Waals surface area (Å²) in [4.78, 5) is 0. The van der Waals surface area contributed by atoms with Crippen molar-refractivity contribution in [2.75, 3.05) is 6.61 Å². The van der Waals surface area contributed by atoms with E-state index in [0.717, 1.165) is 19.3 Å². The average Bonchev–Trinajstić information content (AvgIpc) is 2.37. The van der Waals surface area contributed by atoms with Crippen molar-refractivity contribution >= 4 is 0 Å². The summed E-state index contributed by atoms with van der Waals surface area (Å²) in [5.74, 6) is 0.670. The highest BCUT2D eigenvalue weighted by molar-refractivity contribution is 5.36. The standard InChI is InChI=1S/C17H24O2/c1-2-14-12-17(18,10-11-19-14)16-9-4-3-8-15(16)13-6-5-7-13/h3-4,8-9,13-14,18H,2,5-7,10-12H2,1H3.